The van der Waals surface area contributed by atoms with Crippen LogP contribution < -0.4 is 30.3 Å². The Labute approximate surface area is 247 Å². The molecule has 1 aliphatic rings. The van der Waals surface area contributed by atoms with Crippen LogP contribution >= 0.6 is 0 Å². The van der Waals surface area contributed by atoms with E-state index in [4.69, 9.17) is 18.9 Å². The SMILES string of the molecule is CCOC(=O)C1=C(C)NC(=O)N[C@@H]1c1ccc(OCC(=O)N/N=C\c2ccc(OCc3cccc(F)c3)cc2)c(OC)c1. The second-order valence-corrected chi connectivity index (χ2v) is 9.27. The van der Waals surface area contributed by atoms with Crippen LogP contribution in [0.3, 0.4) is 0 Å². The first-order chi connectivity index (χ1) is 20.8. The second kappa shape index (κ2) is 14.5. The quantitative estimate of drug-likeness (QED) is 0.164. The third-order valence-electron chi connectivity index (χ3n) is 6.22. The van der Waals surface area contributed by atoms with E-state index in [1.807, 2.05) is 0 Å². The number of rotatable bonds is 12. The molecule has 0 unspecified atom stereocenters. The molecule has 0 saturated carbocycles. The molecular weight excluding hydrogens is 559 g/mol. The van der Waals surface area contributed by atoms with E-state index in [2.05, 4.69) is 21.2 Å². The minimum atomic E-state index is -0.776. The number of hydrogen-bond donors (Lipinski definition) is 3. The van der Waals surface area contributed by atoms with E-state index in [0.29, 0.717) is 28.3 Å². The summed E-state index contributed by atoms with van der Waals surface area (Å²) in [7, 11) is 1.43. The van der Waals surface area contributed by atoms with E-state index in [1.165, 1.54) is 25.5 Å². The zero-order valence-corrected chi connectivity index (χ0v) is 23.8. The first kappa shape index (κ1) is 30.6. The molecule has 3 aromatic rings. The summed E-state index contributed by atoms with van der Waals surface area (Å²) >= 11 is 0. The highest BCUT2D eigenvalue weighted by Crippen LogP contribution is 2.34. The standard InChI is InChI=1S/C31H31FN4O7/c1-4-41-30(38)28-19(2)34-31(39)35-29(28)22-10-13-25(26(15-22)40-3)43-18-27(37)36-33-16-20-8-11-24(12-9-20)42-17-21-6-5-7-23(32)14-21/h5-16,29H,4,17-18H2,1-3H3,(H,36,37)(H2,34,35,39)/b33-16-/t29-/m1/s1. The fourth-order valence-electron chi connectivity index (χ4n) is 4.20. The van der Waals surface area contributed by atoms with Gasteiger partial charge in [-0.1, -0.05) is 18.2 Å². The van der Waals surface area contributed by atoms with Crippen LogP contribution in [-0.4, -0.2) is 44.4 Å². The lowest BCUT2D eigenvalue weighted by molar-refractivity contribution is -0.139. The number of esters is 1. The normalized spacial score (nSPS) is 14.5. The van der Waals surface area contributed by atoms with Crippen molar-refractivity contribution in [2.45, 2.75) is 26.5 Å². The number of hydrazone groups is 1. The molecule has 1 aliphatic heterocycles. The second-order valence-electron chi connectivity index (χ2n) is 9.27. The molecule has 11 nitrogen and oxygen atoms in total. The van der Waals surface area contributed by atoms with Crippen molar-refractivity contribution in [3.8, 4) is 17.2 Å². The molecule has 0 aromatic heterocycles. The summed E-state index contributed by atoms with van der Waals surface area (Å²) in [5.74, 6) is -0.213. The van der Waals surface area contributed by atoms with Gasteiger partial charge in [-0.15, -0.1) is 0 Å². The fourth-order valence-corrected chi connectivity index (χ4v) is 4.20. The largest absolute Gasteiger partial charge is 0.493 e. The van der Waals surface area contributed by atoms with Crippen LogP contribution in [0.1, 0.15) is 36.6 Å². The number of carbonyl (C=O) groups excluding carboxylic acids is 3. The number of ether oxygens (including phenoxy) is 4. The van der Waals surface area contributed by atoms with Gasteiger partial charge in [0, 0.05) is 5.70 Å². The molecule has 4 rings (SSSR count). The number of benzene rings is 3. The zero-order valence-electron chi connectivity index (χ0n) is 23.8. The van der Waals surface area contributed by atoms with Crippen LogP contribution in [0.4, 0.5) is 9.18 Å². The number of carbonyl (C=O) groups is 3. The van der Waals surface area contributed by atoms with Crippen LogP contribution in [0.2, 0.25) is 0 Å². The number of methoxy groups -OCH3 is 1. The minimum absolute atomic E-state index is 0.180. The van der Waals surface area contributed by atoms with Crippen LogP contribution in [0.15, 0.2) is 83.1 Å². The molecule has 12 heteroatoms. The fraction of sp³-hybridized carbons (Fsp3) is 0.226. The Kier molecular flexibility index (Phi) is 10.3. The van der Waals surface area contributed by atoms with Gasteiger partial charge in [-0.3, -0.25) is 4.79 Å². The Morgan fingerprint density at radius 1 is 1.05 bits per heavy atom. The predicted octanol–water partition coefficient (Wildman–Crippen LogP) is 4.13. The third-order valence-corrected chi connectivity index (χ3v) is 6.22. The third kappa shape index (κ3) is 8.32. The van der Waals surface area contributed by atoms with Crippen LogP contribution in [-0.2, 0) is 20.9 Å². The summed E-state index contributed by atoms with van der Waals surface area (Å²) in [4.78, 5) is 37.0. The van der Waals surface area contributed by atoms with Crippen molar-refractivity contribution in [2.75, 3.05) is 20.3 Å². The van der Waals surface area contributed by atoms with Crippen molar-refractivity contribution in [1.29, 1.82) is 0 Å². The summed E-state index contributed by atoms with van der Waals surface area (Å²) < 4.78 is 35.2. The van der Waals surface area contributed by atoms with Gasteiger partial charge in [0.2, 0.25) is 0 Å². The predicted molar refractivity (Wildman–Crippen MR) is 155 cm³/mol. The van der Waals surface area contributed by atoms with Crippen molar-refractivity contribution >= 4 is 24.1 Å². The number of nitrogens with one attached hydrogen (secondary N) is 3. The van der Waals surface area contributed by atoms with Gasteiger partial charge in [0.15, 0.2) is 18.1 Å². The molecule has 0 fully saturated rings. The molecule has 1 atom stereocenters. The van der Waals surface area contributed by atoms with E-state index in [9.17, 15) is 18.8 Å². The average Bonchev–Trinajstić information content (AvgIpc) is 2.99. The zero-order chi connectivity index (χ0) is 30.8. The highest BCUT2D eigenvalue weighted by Gasteiger charge is 2.32. The van der Waals surface area contributed by atoms with E-state index in [-0.39, 0.29) is 37.0 Å². The maximum Gasteiger partial charge on any atom is 0.338 e. The lowest BCUT2D eigenvalue weighted by atomic mass is 9.95. The van der Waals surface area contributed by atoms with Gasteiger partial charge in [0.25, 0.3) is 5.91 Å². The lowest BCUT2D eigenvalue weighted by Gasteiger charge is -2.28. The highest BCUT2D eigenvalue weighted by atomic mass is 19.1. The molecular formula is C31H31FN4O7. The van der Waals surface area contributed by atoms with Gasteiger partial charge >= 0.3 is 12.0 Å². The maximum absolute atomic E-state index is 13.3. The van der Waals surface area contributed by atoms with Crippen molar-refractivity contribution in [3.63, 3.8) is 0 Å². The van der Waals surface area contributed by atoms with Gasteiger partial charge in [0.05, 0.1) is 31.5 Å². The molecule has 3 N–H and O–H groups in total. The summed E-state index contributed by atoms with van der Waals surface area (Å²) in [6.45, 7) is 3.38. The number of allylic oxidation sites excluding steroid dienone is 1. The molecule has 1 heterocycles. The van der Waals surface area contributed by atoms with Crippen LogP contribution in [0, 0.1) is 5.82 Å². The van der Waals surface area contributed by atoms with Crippen molar-refractivity contribution in [1.82, 2.24) is 16.1 Å². The average molecular weight is 591 g/mol. The molecule has 0 aliphatic carbocycles. The molecule has 43 heavy (non-hydrogen) atoms. The summed E-state index contributed by atoms with van der Waals surface area (Å²) in [5, 5.41) is 9.25. The Balaban J connectivity index is 1.31. The molecule has 0 bridgehead atoms. The maximum atomic E-state index is 13.3. The Morgan fingerprint density at radius 3 is 2.56 bits per heavy atom. The number of nitrogens with zero attached hydrogens (tertiary/aromatic N) is 1. The Bertz CT molecular complexity index is 1540. The number of halogens is 1. The van der Waals surface area contributed by atoms with Gasteiger partial charge in [-0.25, -0.2) is 19.4 Å². The highest BCUT2D eigenvalue weighted by molar-refractivity contribution is 5.95. The molecule has 224 valence electrons. The van der Waals surface area contributed by atoms with Gasteiger partial charge in [0.1, 0.15) is 18.2 Å². The molecule has 3 aromatic carbocycles. The van der Waals surface area contributed by atoms with E-state index in [1.54, 1.807) is 68.4 Å². The number of hydrogen-bond acceptors (Lipinski definition) is 8. The topological polar surface area (TPSA) is 137 Å². The minimum Gasteiger partial charge on any atom is -0.493 e. The number of urea groups is 1. The molecule has 3 amide bonds. The molecule has 0 spiro atoms. The summed E-state index contributed by atoms with van der Waals surface area (Å²) in [6.07, 6.45) is 1.47. The first-order valence-electron chi connectivity index (χ1n) is 13.3. The van der Waals surface area contributed by atoms with Gasteiger partial charge in [-0.05, 0) is 79.1 Å². The van der Waals surface area contributed by atoms with Crippen molar-refractivity contribution in [3.05, 3.63) is 101 Å². The smallest absolute Gasteiger partial charge is 0.338 e. The summed E-state index contributed by atoms with van der Waals surface area (Å²) in [5.41, 5.74) is 5.03. The molecule has 0 radical (unpaired) electrons. The van der Waals surface area contributed by atoms with Crippen LogP contribution in [0.25, 0.3) is 0 Å². The van der Waals surface area contributed by atoms with Gasteiger partial charge in [-0.2, -0.15) is 5.10 Å². The van der Waals surface area contributed by atoms with E-state index < -0.39 is 23.9 Å². The Hall–Kier alpha value is -5.39. The Morgan fingerprint density at radius 2 is 1.84 bits per heavy atom. The van der Waals surface area contributed by atoms with Crippen molar-refractivity contribution in [2.24, 2.45) is 5.10 Å². The van der Waals surface area contributed by atoms with E-state index >= 15 is 0 Å². The van der Waals surface area contributed by atoms with Gasteiger partial charge < -0.3 is 29.6 Å². The lowest BCUT2D eigenvalue weighted by Crippen LogP contribution is -2.45. The number of amides is 3. The summed E-state index contributed by atoms with van der Waals surface area (Å²) in [6, 6.07) is 16.8. The first-order valence-corrected chi connectivity index (χ1v) is 13.3. The monoisotopic (exact) mass is 590 g/mol. The van der Waals surface area contributed by atoms with E-state index in [0.717, 1.165) is 5.56 Å². The van der Waals surface area contributed by atoms with Crippen LogP contribution in [0.5, 0.6) is 17.2 Å². The van der Waals surface area contributed by atoms with Crippen molar-refractivity contribution < 1.29 is 37.7 Å². The molecule has 0 saturated heterocycles.